The van der Waals surface area contributed by atoms with Gasteiger partial charge in [-0.3, -0.25) is 4.79 Å². The first-order chi connectivity index (χ1) is 7.62. The number of hydrogen-bond donors (Lipinski definition) is 3. The van der Waals surface area contributed by atoms with Crippen LogP contribution in [0.15, 0.2) is 0 Å². The van der Waals surface area contributed by atoms with Crippen molar-refractivity contribution in [3.05, 3.63) is 22.3 Å². The van der Waals surface area contributed by atoms with Gasteiger partial charge in [0.25, 0.3) is 0 Å². The molecule has 0 aliphatic carbocycles. The van der Waals surface area contributed by atoms with Crippen molar-refractivity contribution in [1.29, 1.82) is 0 Å². The lowest BCUT2D eigenvalue weighted by atomic mass is 9.83. The third kappa shape index (κ3) is 1.89. The average Bonchev–Trinajstić information content (AvgIpc) is 2.23. The van der Waals surface area contributed by atoms with Gasteiger partial charge in [0.05, 0.1) is 0 Å². The van der Waals surface area contributed by atoms with Gasteiger partial charge in [-0.1, -0.05) is 0 Å². The maximum absolute atomic E-state index is 11.5. The van der Waals surface area contributed by atoms with Gasteiger partial charge in [0.2, 0.25) is 0 Å². The summed E-state index contributed by atoms with van der Waals surface area (Å²) in [5.74, 6) is -0.327. The van der Waals surface area contributed by atoms with Crippen LogP contribution in [0.4, 0.5) is 11.4 Å². The lowest BCUT2D eigenvalue weighted by molar-refractivity contribution is -0.134. The smallest absolute Gasteiger partial charge is 0.165 e. The third-order valence-corrected chi connectivity index (χ3v) is 3.54. The first kappa shape index (κ1) is 13.5. The maximum Gasteiger partial charge on any atom is 0.165 e. The van der Waals surface area contributed by atoms with Crippen molar-refractivity contribution in [3.63, 3.8) is 0 Å². The molecule has 0 spiro atoms. The summed E-state index contributed by atoms with van der Waals surface area (Å²) in [5.41, 5.74) is 14.2. The third-order valence-electron chi connectivity index (χ3n) is 3.54. The van der Waals surface area contributed by atoms with Gasteiger partial charge in [0.1, 0.15) is 5.60 Å². The Morgan fingerprint density at radius 1 is 1.06 bits per heavy atom. The quantitative estimate of drug-likeness (QED) is 0.680. The zero-order valence-electron chi connectivity index (χ0n) is 11.0. The Balaban J connectivity index is 3.72. The molecule has 0 aliphatic heterocycles. The molecule has 1 aromatic carbocycles. The van der Waals surface area contributed by atoms with Gasteiger partial charge < -0.3 is 16.6 Å². The Kier molecular flexibility index (Phi) is 3.21. The molecule has 0 saturated heterocycles. The van der Waals surface area contributed by atoms with E-state index in [2.05, 4.69) is 0 Å². The van der Waals surface area contributed by atoms with E-state index in [1.165, 1.54) is 13.8 Å². The average molecular weight is 236 g/mol. The van der Waals surface area contributed by atoms with E-state index in [1.807, 2.05) is 6.92 Å². The summed E-state index contributed by atoms with van der Waals surface area (Å²) in [6.07, 6.45) is 0. The molecule has 94 valence electrons. The Morgan fingerprint density at radius 2 is 1.41 bits per heavy atom. The van der Waals surface area contributed by atoms with Crippen LogP contribution in [-0.2, 0) is 10.4 Å². The predicted molar refractivity (Wildman–Crippen MR) is 69.7 cm³/mol. The van der Waals surface area contributed by atoms with Crippen LogP contribution in [0, 0.1) is 20.8 Å². The minimum Gasteiger partial charge on any atom is -0.398 e. The number of ketones is 1. The Morgan fingerprint density at radius 3 is 1.71 bits per heavy atom. The van der Waals surface area contributed by atoms with Crippen LogP contribution >= 0.6 is 0 Å². The standard InChI is InChI=1S/C13H20N2O2/c1-6-10(13(5,17)9(4)16)7(2)12(15)8(3)11(6)14/h17H,14-15H2,1-5H3. The van der Waals surface area contributed by atoms with Crippen molar-refractivity contribution < 1.29 is 9.90 Å². The summed E-state index contributed by atoms with van der Waals surface area (Å²) in [4.78, 5) is 11.5. The van der Waals surface area contributed by atoms with Crippen LogP contribution in [0.1, 0.15) is 36.1 Å². The number of anilines is 2. The molecule has 4 nitrogen and oxygen atoms in total. The highest BCUT2D eigenvalue weighted by Gasteiger charge is 2.33. The molecule has 0 radical (unpaired) electrons. The first-order valence-electron chi connectivity index (χ1n) is 5.51. The fourth-order valence-corrected chi connectivity index (χ4v) is 2.16. The summed E-state index contributed by atoms with van der Waals surface area (Å²) in [6.45, 7) is 8.24. The number of rotatable bonds is 2. The lowest BCUT2D eigenvalue weighted by Crippen LogP contribution is -2.32. The minimum absolute atomic E-state index is 0.327. The summed E-state index contributed by atoms with van der Waals surface area (Å²) >= 11 is 0. The van der Waals surface area contributed by atoms with Crippen LogP contribution in [0.2, 0.25) is 0 Å². The number of nitrogen functional groups attached to an aromatic ring is 2. The number of carbonyl (C=O) groups excluding carboxylic acids is 1. The monoisotopic (exact) mass is 236 g/mol. The van der Waals surface area contributed by atoms with Crippen molar-refractivity contribution in [1.82, 2.24) is 0 Å². The second-order valence-electron chi connectivity index (χ2n) is 4.71. The first-order valence-corrected chi connectivity index (χ1v) is 5.51. The molecule has 1 rings (SSSR count). The molecular weight excluding hydrogens is 216 g/mol. The van der Waals surface area contributed by atoms with Crippen molar-refractivity contribution in [2.24, 2.45) is 0 Å². The highest BCUT2D eigenvalue weighted by atomic mass is 16.3. The van der Waals surface area contributed by atoms with Crippen molar-refractivity contribution in [2.75, 3.05) is 11.5 Å². The lowest BCUT2D eigenvalue weighted by Gasteiger charge is -2.27. The fraction of sp³-hybridized carbons (Fsp3) is 0.462. The van der Waals surface area contributed by atoms with Gasteiger partial charge in [-0.15, -0.1) is 0 Å². The predicted octanol–water partition coefficient (Wildman–Crippen LogP) is 1.57. The number of carbonyl (C=O) groups is 1. The molecule has 1 aromatic rings. The summed E-state index contributed by atoms with van der Waals surface area (Å²) in [7, 11) is 0. The van der Waals surface area contributed by atoms with Crippen molar-refractivity contribution in [3.8, 4) is 0 Å². The molecule has 0 saturated carbocycles. The van der Waals surface area contributed by atoms with Gasteiger partial charge in [-0.2, -0.15) is 0 Å². The van der Waals surface area contributed by atoms with Crippen LogP contribution < -0.4 is 11.5 Å². The molecule has 1 unspecified atom stereocenters. The number of aliphatic hydroxyl groups is 1. The summed E-state index contributed by atoms with van der Waals surface area (Å²) < 4.78 is 0. The van der Waals surface area contributed by atoms with Crippen molar-refractivity contribution in [2.45, 2.75) is 40.2 Å². The van der Waals surface area contributed by atoms with Crippen LogP contribution in [0.3, 0.4) is 0 Å². The van der Waals surface area contributed by atoms with Gasteiger partial charge in [-0.25, -0.2) is 0 Å². The highest BCUT2D eigenvalue weighted by Crippen LogP contribution is 2.37. The zero-order valence-corrected chi connectivity index (χ0v) is 11.0. The van der Waals surface area contributed by atoms with Crippen LogP contribution in [0.25, 0.3) is 0 Å². The topological polar surface area (TPSA) is 89.3 Å². The number of nitrogens with two attached hydrogens (primary N) is 2. The fourth-order valence-electron chi connectivity index (χ4n) is 2.16. The van der Waals surface area contributed by atoms with E-state index in [4.69, 9.17) is 11.5 Å². The molecule has 5 N–H and O–H groups in total. The molecule has 17 heavy (non-hydrogen) atoms. The van der Waals surface area contributed by atoms with E-state index in [-0.39, 0.29) is 5.78 Å². The summed E-state index contributed by atoms with van der Waals surface area (Å²) in [6, 6.07) is 0. The second-order valence-corrected chi connectivity index (χ2v) is 4.71. The molecule has 0 bridgehead atoms. The number of hydrogen-bond acceptors (Lipinski definition) is 4. The molecular formula is C13H20N2O2. The van der Waals surface area contributed by atoms with E-state index < -0.39 is 5.60 Å². The Bertz CT molecular complexity index is 462. The largest absolute Gasteiger partial charge is 0.398 e. The van der Waals surface area contributed by atoms with Gasteiger partial charge in [0.15, 0.2) is 5.78 Å². The SMILES string of the molecule is CC(=O)C(C)(O)c1c(C)c(N)c(C)c(N)c1C. The molecule has 0 amide bonds. The molecule has 1 atom stereocenters. The Labute approximate surface area is 102 Å². The molecule has 4 heteroatoms. The Hall–Kier alpha value is -1.55. The van der Waals surface area contributed by atoms with E-state index in [0.717, 1.165) is 16.7 Å². The van der Waals surface area contributed by atoms with E-state index in [0.29, 0.717) is 16.9 Å². The minimum atomic E-state index is -1.55. The number of benzene rings is 1. The van der Waals surface area contributed by atoms with Gasteiger partial charge >= 0.3 is 0 Å². The molecule has 0 fully saturated rings. The highest BCUT2D eigenvalue weighted by molar-refractivity contribution is 5.88. The van der Waals surface area contributed by atoms with E-state index in [9.17, 15) is 9.90 Å². The zero-order chi connectivity index (χ0) is 13.5. The normalized spacial score (nSPS) is 14.5. The van der Waals surface area contributed by atoms with E-state index in [1.54, 1.807) is 13.8 Å². The van der Waals surface area contributed by atoms with Gasteiger partial charge in [0, 0.05) is 16.9 Å². The van der Waals surface area contributed by atoms with Crippen LogP contribution in [0.5, 0.6) is 0 Å². The van der Waals surface area contributed by atoms with E-state index >= 15 is 0 Å². The number of Topliss-reactive ketones (excluding diaryl/α,β-unsaturated/α-hetero) is 1. The van der Waals surface area contributed by atoms with Crippen molar-refractivity contribution >= 4 is 17.2 Å². The maximum atomic E-state index is 11.5. The molecule has 0 aromatic heterocycles. The molecule has 0 heterocycles. The molecule has 0 aliphatic rings. The van der Waals surface area contributed by atoms with Crippen LogP contribution in [-0.4, -0.2) is 10.9 Å². The summed E-state index contributed by atoms with van der Waals surface area (Å²) in [5, 5.41) is 10.3. The second kappa shape index (κ2) is 4.04. The van der Waals surface area contributed by atoms with Gasteiger partial charge in [-0.05, 0) is 51.3 Å².